The molecule has 0 aromatic heterocycles. The van der Waals surface area contributed by atoms with E-state index in [9.17, 15) is 31.5 Å². The van der Waals surface area contributed by atoms with Crippen molar-refractivity contribution in [1.82, 2.24) is 5.32 Å². The molecule has 1 amide bonds. The van der Waals surface area contributed by atoms with Crippen LogP contribution in [0, 0.1) is 18.7 Å². The first-order chi connectivity index (χ1) is 13.6. The van der Waals surface area contributed by atoms with E-state index in [-0.39, 0.29) is 17.8 Å². The van der Waals surface area contributed by atoms with Crippen molar-refractivity contribution < 1.29 is 31.5 Å². The lowest BCUT2D eigenvalue weighted by molar-refractivity contribution is -0.167. The van der Waals surface area contributed by atoms with Crippen LogP contribution in [0.25, 0.3) is 0 Å². The number of ketones is 1. The normalized spacial score (nSPS) is 28.1. The Kier molecular flexibility index (Phi) is 6.10. The highest BCUT2D eigenvalue weighted by atomic mass is 19.4. The molecule has 3 nitrogen and oxygen atoms in total. The quantitative estimate of drug-likeness (QED) is 0.728. The van der Waals surface area contributed by atoms with Crippen LogP contribution in [0.2, 0.25) is 0 Å². The van der Waals surface area contributed by atoms with Crippen molar-refractivity contribution in [3.8, 4) is 0 Å². The molecule has 1 N–H and O–H groups in total. The van der Waals surface area contributed by atoms with E-state index in [0.717, 1.165) is 6.08 Å². The van der Waals surface area contributed by atoms with Gasteiger partial charge in [0.05, 0.1) is 11.8 Å². The Labute approximate surface area is 165 Å². The first-order valence-electron chi connectivity index (χ1n) is 9.57. The molecule has 29 heavy (non-hydrogen) atoms. The molecule has 158 valence electrons. The highest BCUT2D eigenvalue weighted by Gasteiger charge is 2.43. The summed E-state index contributed by atoms with van der Waals surface area (Å²) < 4.78 is 66.6. The Bertz CT molecular complexity index is 833. The summed E-state index contributed by atoms with van der Waals surface area (Å²) in [6.07, 6.45) is -5.51. The molecule has 1 aromatic carbocycles. The van der Waals surface area contributed by atoms with E-state index in [2.05, 4.69) is 5.32 Å². The number of aryl methyl sites for hydroxylation is 1. The van der Waals surface area contributed by atoms with E-state index < -0.39 is 54.8 Å². The zero-order valence-corrected chi connectivity index (χ0v) is 15.9. The van der Waals surface area contributed by atoms with Crippen molar-refractivity contribution in [2.75, 3.05) is 0 Å². The number of carbonyl (C=O) groups excluding carboxylic acids is 2. The summed E-state index contributed by atoms with van der Waals surface area (Å²) in [5, 5.41) is 2.62. The summed E-state index contributed by atoms with van der Waals surface area (Å²) in [6.45, 7) is 1.72. The van der Waals surface area contributed by atoms with Gasteiger partial charge < -0.3 is 5.32 Å². The number of amides is 1. The van der Waals surface area contributed by atoms with Gasteiger partial charge in [-0.15, -0.1) is 0 Å². The number of halogens is 5. The SMILES string of the molecule is Cc1ccc(F)cc1[C@@H]1C(=O)CCC[C@H]1NC(=O)C1=CC(C(F)(F)F)C[C@@H](F)C1. The van der Waals surface area contributed by atoms with E-state index in [0.29, 0.717) is 24.0 Å². The van der Waals surface area contributed by atoms with Crippen molar-refractivity contribution in [2.24, 2.45) is 5.92 Å². The minimum absolute atomic E-state index is 0.163. The topological polar surface area (TPSA) is 46.2 Å². The average molecular weight is 415 g/mol. The van der Waals surface area contributed by atoms with Crippen molar-refractivity contribution in [3.63, 3.8) is 0 Å². The van der Waals surface area contributed by atoms with Crippen molar-refractivity contribution in [1.29, 1.82) is 0 Å². The lowest BCUT2D eigenvalue weighted by Gasteiger charge is -2.33. The minimum atomic E-state index is -4.63. The standard InChI is InChI=1S/C21H22F5NO2/c1-11-5-6-14(22)10-16(11)19-17(3-2-4-18(19)28)27-20(29)12-7-13(21(24,25)26)9-15(23)8-12/h5-7,10,13,15,17,19H,2-4,8-9H2,1H3,(H,27,29)/t13?,15-,17+,19-/m0/s1. The first-order valence-corrected chi connectivity index (χ1v) is 9.57. The fourth-order valence-electron chi connectivity index (χ4n) is 4.17. The van der Waals surface area contributed by atoms with E-state index in [1.807, 2.05) is 0 Å². The zero-order chi connectivity index (χ0) is 21.3. The maximum Gasteiger partial charge on any atom is 0.395 e. The predicted octanol–water partition coefficient (Wildman–Crippen LogP) is 4.69. The third-order valence-electron chi connectivity index (χ3n) is 5.65. The number of benzene rings is 1. The Morgan fingerprint density at radius 1 is 1.24 bits per heavy atom. The monoisotopic (exact) mass is 415 g/mol. The van der Waals surface area contributed by atoms with Crippen LogP contribution >= 0.6 is 0 Å². The van der Waals surface area contributed by atoms with Gasteiger partial charge in [-0.05, 0) is 49.4 Å². The van der Waals surface area contributed by atoms with Crippen LogP contribution in [0.4, 0.5) is 22.0 Å². The van der Waals surface area contributed by atoms with Crippen LogP contribution in [0.1, 0.15) is 49.1 Å². The molecular weight excluding hydrogens is 393 g/mol. The Balaban J connectivity index is 1.85. The molecular formula is C21H22F5NO2. The third-order valence-corrected chi connectivity index (χ3v) is 5.65. The van der Waals surface area contributed by atoms with Crippen LogP contribution in [-0.2, 0) is 9.59 Å². The lowest BCUT2D eigenvalue weighted by Crippen LogP contribution is -2.46. The molecule has 8 heteroatoms. The van der Waals surface area contributed by atoms with Gasteiger partial charge in [0.1, 0.15) is 17.8 Å². The molecule has 0 heterocycles. The number of rotatable bonds is 3. The van der Waals surface area contributed by atoms with E-state index in [1.165, 1.54) is 18.2 Å². The van der Waals surface area contributed by atoms with E-state index >= 15 is 0 Å². The number of allylic oxidation sites excluding steroid dienone is 1. The molecule has 1 saturated carbocycles. The number of carbonyl (C=O) groups is 2. The zero-order valence-electron chi connectivity index (χ0n) is 15.9. The van der Waals surface area contributed by atoms with Gasteiger partial charge >= 0.3 is 6.18 Å². The summed E-state index contributed by atoms with van der Waals surface area (Å²) >= 11 is 0. The molecule has 1 aromatic rings. The van der Waals surface area contributed by atoms with Crippen molar-refractivity contribution in [2.45, 2.75) is 63.3 Å². The van der Waals surface area contributed by atoms with Gasteiger partial charge in [-0.2, -0.15) is 13.2 Å². The van der Waals surface area contributed by atoms with Gasteiger partial charge in [-0.3, -0.25) is 9.59 Å². The maximum absolute atomic E-state index is 13.8. The minimum Gasteiger partial charge on any atom is -0.349 e. The maximum atomic E-state index is 13.8. The summed E-state index contributed by atoms with van der Waals surface area (Å²) in [5.41, 5.74) is 0.872. The average Bonchev–Trinajstić information content (AvgIpc) is 2.63. The Morgan fingerprint density at radius 2 is 1.97 bits per heavy atom. The van der Waals surface area contributed by atoms with E-state index in [4.69, 9.17) is 0 Å². The predicted molar refractivity (Wildman–Crippen MR) is 96.4 cm³/mol. The van der Waals surface area contributed by atoms with Gasteiger partial charge in [0.15, 0.2) is 0 Å². The molecule has 0 bridgehead atoms. The lowest BCUT2D eigenvalue weighted by atomic mass is 9.77. The number of hydrogen-bond donors (Lipinski definition) is 1. The summed E-state index contributed by atoms with van der Waals surface area (Å²) in [7, 11) is 0. The molecule has 1 unspecified atom stereocenters. The number of Topliss-reactive ketones (excluding diaryl/α,β-unsaturated/α-hetero) is 1. The van der Waals surface area contributed by atoms with Gasteiger partial charge in [-0.1, -0.05) is 12.1 Å². The third kappa shape index (κ3) is 4.85. The van der Waals surface area contributed by atoms with E-state index in [1.54, 1.807) is 6.92 Å². The second-order valence-corrected chi connectivity index (χ2v) is 7.79. The molecule has 1 fully saturated rings. The number of alkyl halides is 4. The van der Waals surface area contributed by atoms with Gasteiger partial charge in [-0.25, -0.2) is 8.78 Å². The Hall–Kier alpha value is -2.25. The summed E-state index contributed by atoms with van der Waals surface area (Å²) in [5.74, 6) is -4.28. The highest BCUT2D eigenvalue weighted by Crippen LogP contribution is 2.38. The fraction of sp³-hybridized carbons (Fsp3) is 0.524. The van der Waals surface area contributed by atoms with Crippen LogP contribution in [0.15, 0.2) is 29.8 Å². The molecule has 0 radical (unpaired) electrons. The Morgan fingerprint density at radius 3 is 2.66 bits per heavy atom. The van der Waals surface area contributed by atoms with Crippen molar-refractivity contribution >= 4 is 11.7 Å². The van der Waals surface area contributed by atoms with Crippen LogP contribution in [-0.4, -0.2) is 30.1 Å². The molecule has 4 atom stereocenters. The second kappa shape index (κ2) is 8.24. The van der Waals surface area contributed by atoms with Crippen LogP contribution < -0.4 is 5.32 Å². The van der Waals surface area contributed by atoms with Gasteiger partial charge in [0, 0.05) is 24.5 Å². The van der Waals surface area contributed by atoms with Crippen molar-refractivity contribution in [3.05, 3.63) is 46.8 Å². The fourth-order valence-corrected chi connectivity index (χ4v) is 4.17. The van der Waals surface area contributed by atoms with Crippen LogP contribution in [0.5, 0.6) is 0 Å². The first kappa shape index (κ1) is 21.5. The van der Waals surface area contributed by atoms with Gasteiger partial charge in [0.25, 0.3) is 0 Å². The smallest absolute Gasteiger partial charge is 0.349 e. The molecule has 2 aliphatic rings. The molecule has 2 aliphatic carbocycles. The van der Waals surface area contributed by atoms with Crippen LogP contribution in [0.3, 0.4) is 0 Å². The molecule has 0 spiro atoms. The summed E-state index contributed by atoms with van der Waals surface area (Å²) in [6, 6.07) is 3.37. The second-order valence-electron chi connectivity index (χ2n) is 7.79. The number of nitrogens with one attached hydrogen (secondary N) is 1. The summed E-state index contributed by atoms with van der Waals surface area (Å²) in [4.78, 5) is 25.2. The molecule has 3 rings (SSSR count). The van der Waals surface area contributed by atoms with Gasteiger partial charge in [0.2, 0.25) is 5.91 Å². The highest BCUT2D eigenvalue weighted by molar-refractivity contribution is 5.95. The number of hydrogen-bond acceptors (Lipinski definition) is 2. The largest absolute Gasteiger partial charge is 0.395 e. The molecule has 0 aliphatic heterocycles. The molecule has 0 saturated heterocycles.